The SMILES string of the molecule is O=C(Cc1ccccc1)Nc1cncc(-c2ccc3[nH]nc(-c4nc5c(-c6ccccc6F)nccc5[nH]4)c3n2)c1. The Bertz CT molecular complexity index is 2050. The van der Waals surface area contributed by atoms with Crippen molar-refractivity contribution >= 4 is 33.7 Å². The fourth-order valence-electron chi connectivity index (χ4n) is 4.76. The van der Waals surface area contributed by atoms with Crippen LogP contribution in [0, 0.1) is 5.82 Å². The quantitative estimate of drug-likeness (QED) is 0.240. The van der Waals surface area contributed by atoms with Crippen molar-refractivity contribution in [2.45, 2.75) is 6.42 Å². The van der Waals surface area contributed by atoms with Crippen LogP contribution in [0.2, 0.25) is 0 Å². The lowest BCUT2D eigenvalue weighted by Gasteiger charge is -2.07. The molecule has 10 heteroatoms. The molecule has 0 unspecified atom stereocenters. The predicted octanol–water partition coefficient (Wildman–Crippen LogP) is 5.95. The maximum atomic E-state index is 14.6. The average Bonchev–Trinajstić information content (AvgIpc) is 3.62. The molecule has 2 aromatic carbocycles. The topological polar surface area (TPSA) is 125 Å². The number of aromatic nitrogens is 7. The van der Waals surface area contributed by atoms with Gasteiger partial charge in [-0.1, -0.05) is 42.5 Å². The summed E-state index contributed by atoms with van der Waals surface area (Å²) in [6.07, 6.45) is 5.17. The Morgan fingerprint density at radius 3 is 2.56 bits per heavy atom. The number of carbonyl (C=O) groups is 1. The Kier molecular flexibility index (Phi) is 5.97. The number of rotatable bonds is 6. The fourth-order valence-corrected chi connectivity index (χ4v) is 4.76. The molecule has 0 bridgehead atoms. The van der Waals surface area contributed by atoms with E-state index in [1.807, 2.05) is 48.5 Å². The second kappa shape index (κ2) is 10.1. The number of nitrogens with one attached hydrogen (secondary N) is 3. The lowest BCUT2D eigenvalue weighted by Crippen LogP contribution is -2.14. The van der Waals surface area contributed by atoms with Gasteiger partial charge >= 0.3 is 0 Å². The highest BCUT2D eigenvalue weighted by molar-refractivity contribution is 5.95. The number of H-pyrrole nitrogens is 2. The third-order valence-corrected chi connectivity index (χ3v) is 6.69. The first-order chi connectivity index (χ1) is 20.1. The summed E-state index contributed by atoms with van der Waals surface area (Å²) in [7, 11) is 0. The molecule has 0 aliphatic rings. The molecule has 41 heavy (non-hydrogen) atoms. The number of aromatic amines is 2. The second-order valence-corrected chi connectivity index (χ2v) is 9.46. The van der Waals surface area contributed by atoms with Gasteiger partial charge in [0.1, 0.15) is 22.5 Å². The van der Waals surface area contributed by atoms with Crippen LogP contribution in [-0.4, -0.2) is 41.0 Å². The van der Waals surface area contributed by atoms with Crippen LogP contribution in [0.1, 0.15) is 5.56 Å². The van der Waals surface area contributed by atoms with Gasteiger partial charge in [0, 0.05) is 23.5 Å². The number of halogens is 1. The maximum absolute atomic E-state index is 14.6. The Morgan fingerprint density at radius 2 is 1.68 bits per heavy atom. The molecule has 7 aromatic rings. The largest absolute Gasteiger partial charge is 0.336 e. The third-order valence-electron chi connectivity index (χ3n) is 6.69. The summed E-state index contributed by atoms with van der Waals surface area (Å²) < 4.78 is 14.6. The van der Waals surface area contributed by atoms with Crippen molar-refractivity contribution in [3.63, 3.8) is 0 Å². The molecule has 0 radical (unpaired) electrons. The molecule has 5 heterocycles. The van der Waals surface area contributed by atoms with E-state index in [9.17, 15) is 9.18 Å². The van der Waals surface area contributed by atoms with Crippen LogP contribution < -0.4 is 5.32 Å². The minimum Gasteiger partial charge on any atom is -0.336 e. The molecule has 7 rings (SSSR count). The summed E-state index contributed by atoms with van der Waals surface area (Å²) >= 11 is 0. The first-order valence-corrected chi connectivity index (χ1v) is 12.9. The lowest BCUT2D eigenvalue weighted by molar-refractivity contribution is -0.115. The molecule has 0 saturated carbocycles. The Labute approximate surface area is 232 Å². The number of imidazole rings is 1. The molecule has 198 valence electrons. The molecule has 0 fully saturated rings. The molecule has 0 atom stereocenters. The highest BCUT2D eigenvalue weighted by atomic mass is 19.1. The third kappa shape index (κ3) is 4.67. The van der Waals surface area contributed by atoms with Crippen LogP contribution in [0.5, 0.6) is 0 Å². The maximum Gasteiger partial charge on any atom is 0.228 e. The number of nitrogens with zero attached hydrogens (tertiary/aromatic N) is 5. The van der Waals surface area contributed by atoms with Gasteiger partial charge in [0.05, 0.1) is 35.0 Å². The number of hydrogen-bond acceptors (Lipinski definition) is 6. The highest BCUT2D eigenvalue weighted by Crippen LogP contribution is 2.31. The van der Waals surface area contributed by atoms with E-state index in [1.165, 1.54) is 6.07 Å². The van der Waals surface area contributed by atoms with E-state index < -0.39 is 0 Å². The van der Waals surface area contributed by atoms with E-state index in [2.05, 4.69) is 30.5 Å². The molecule has 5 aromatic heterocycles. The summed E-state index contributed by atoms with van der Waals surface area (Å²) in [5, 5.41) is 10.4. The Morgan fingerprint density at radius 1 is 0.854 bits per heavy atom. The number of anilines is 1. The monoisotopic (exact) mass is 540 g/mol. The van der Waals surface area contributed by atoms with Gasteiger partial charge in [-0.25, -0.2) is 14.4 Å². The summed E-state index contributed by atoms with van der Waals surface area (Å²) in [4.78, 5) is 34.1. The number of amides is 1. The molecular weight excluding hydrogens is 519 g/mol. The van der Waals surface area contributed by atoms with E-state index in [0.29, 0.717) is 50.7 Å². The molecule has 0 spiro atoms. The average molecular weight is 541 g/mol. The van der Waals surface area contributed by atoms with Gasteiger partial charge in [0.25, 0.3) is 0 Å². The molecule has 9 nitrogen and oxygen atoms in total. The predicted molar refractivity (Wildman–Crippen MR) is 154 cm³/mol. The first kappa shape index (κ1) is 24.3. The van der Waals surface area contributed by atoms with Crippen LogP contribution in [0.3, 0.4) is 0 Å². The van der Waals surface area contributed by atoms with Crippen molar-refractivity contribution < 1.29 is 9.18 Å². The zero-order chi connectivity index (χ0) is 27.8. The van der Waals surface area contributed by atoms with Gasteiger partial charge in [-0.3, -0.25) is 19.9 Å². The number of pyridine rings is 3. The van der Waals surface area contributed by atoms with Crippen molar-refractivity contribution in [3.05, 3.63) is 109 Å². The minimum absolute atomic E-state index is 0.134. The fraction of sp³-hybridized carbons (Fsp3) is 0.0323. The number of carbonyl (C=O) groups excluding carboxylic acids is 1. The molecule has 1 amide bonds. The smallest absolute Gasteiger partial charge is 0.228 e. The van der Waals surface area contributed by atoms with Gasteiger partial charge < -0.3 is 10.3 Å². The Hall–Kier alpha value is -5.77. The summed E-state index contributed by atoms with van der Waals surface area (Å²) in [6, 6.07) is 23.4. The normalized spacial score (nSPS) is 11.2. The van der Waals surface area contributed by atoms with Gasteiger partial charge in [-0.05, 0) is 42.0 Å². The standard InChI is InChI=1S/C31H21FN8O/c32-22-9-5-4-8-21(22)27-28-24(12-13-34-27)37-31(38-28)30-29-25(39-40-30)11-10-23(36-29)19-15-20(17-33-16-19)35-26(41)14-18-6-2-1-3-7-18/h1-13,15-17H,14H2,(H,35,41)(H,37,38)(H,39,40). The molecular formula is C31H21FN8O. The van der Waals surface area contributed by atoms with Crippen molar-refractivity contribution in [2.75, 3.05) is 5.32 Å². The number of benzene rings is 2. The van der Waals surface area contributed by atoms with E-state index in [0.717, 1.165) is 16.6 Å². The highest BCUT2D eigenvalue weighted by Gasteiger charge is 2.18. The molecule has 0 aliphatic heterocycles. The van der Waals surface area contributed by atoms with Crippen LogP contribution in [0.4, 0.5) is 10.1 Å². The van der Waals surface area contributed by atoms with Gasteiger partial charge in [-0.2, -0.15) is 5.10 Å². The summed E-state index contributed by atoms with van der Waals surface area (Å²) in [6.45, 7) is 0. The zero-order valence-corrected chi connectivity index (χ0v) is 21.5. The summed E-state index contributed by atoms with van der Waals surface area (Å²) in [5.41, 5.74) is 6.74. The van der Waals surface area contributed by atoms with Gasteiger partial charge in [-0.15, -0.1) is 0 Å². The first-order valence-electron chi connectivity index (χ1n) is 12.9. The molecule has 0 aliphatic carbocycles. The van der Waals surface area contributed by atoms with E-state index in [1.54, 1.807) is 42.9 Å². The number of fused-ring (bicyclic) bond motifs is 2. The summed E-state index contributed by atoms with van der Waals surface area (Å²) in [5.74, 6) is -0.0352. The second-order valence-electron chi connectivity index (χ2n) is 9.46. The Balaban J connectivity index is 1.22. The van der Waals surface area contributed by atoms with Crippen LogP contribution in [0.25, 0.3) is 56.1 Å². The molecule has 0 saturated heterocycles. The van der Waals surface area contributed by atoms with E-state index in [-0.39, 0.29) is 18.1 Å². The van der Waals surface area contributed by atoms with Gasteiger partial charge in [0.15, 0.2) is 11.5 Å². The minimum atomic E-state index is -0.374. The van der Waals surface area contributed by atoms with Crippen molar-refractivity contribution in [1.82, 2.24) is 35.1 Å². The van der Waals surface area contributed by atoms with Crippen LogP contribution in [0.15, 0.2) is 97.5 Å². The van der Waals surface area contributed by atoms with Crippen molar-refractivity contribution in [2.24, 2.45) is 0 Å². The van der Waals surface area contributed by atoms with E-state index in [4.69, 9.17) is 9.97 Å². The number of hydrogen-bond donors (Lipinski definition) is 3. The van der Waals surface area contributed by atoms with Crippen molar-refractivity contribution in [3.8, 4) is 34.0 Å². The van der Waals surface area contributed by atoms with Crippen LogP contribution in [-0.2, 0) is 11.2 Å². The van der Waals surface area contributed by atoms with Gasteiger partial charge in [0.2, 0.25) is 5.91 Å². The lowest BCUT2D eigenvalue weighted by atomic mass is 10.1. The van der Waals surface area contributed by atoms with Crippen LogP contribution >= 0.6 is 0 Å². The van der Waals surface area contributed by atoms with Crippen molar-refractivity contribution in [1.29, 1.82) is 0 Å². The molecule has 3 N–H and O–H groups in total. The zero-order valence-electron chi connectivity index (χ0n) is 21.5. The van der Waals surface area contributed by atoms with E-state index >= 15 is 0 Å².